The molecule has 0 amide bonds. The van der Waals surface area contributed by atoms with Gasteiger partial charge in [0.25, 0.3) is 0 Å². The Labute approximate surface area is 112 Å². The highest BCUT2D eigenvalue weighted by atomic mass is 19.1. The van der Waals surface area contributed by atoms with Gasteiger partial charge in [0, 0.05) is 23.0 Å². The molecule has 2 aromatic rings. The molecular weight excluding hydrogens is 237 g/mol. The lowest BCUT2D eigenvalue weighted by atomic mass is 10.1. The largest absolute Gasteiger partial charge is 0.365 e. The van der Waals surface area contributed by atoms with Crippen LogP contribution >= 0.6 is 0 Å². The highest BCUT2D eigenvalue weighted by molar-refractivity contribution is 5.81. The number of hydrogen-bond acceptors (Lipinski definition) is 0. The normalized spacial score (nSPS) is 10.7. The van der Waals surface area contributed by atoms with Gasteiger partial charge in [-0.2, -0.15) is 0 Å². The van der Waals surface area contributed by atoms with Crippen LogP contribution in [0.1, 0.15) is 16.8 Å². The molecular formula is C17H14FN. The molecule has 1 nitrogen and oxygen atoms in total. The van der Waals surface area contributed by atoms with Crippen LogP contribution in [0.5, 0.6) is 0 Å². The number of rotatable bonds is 2. The van der Waals surface area contributed by atoms with Crippen molar-refractivity contribution < 1.29 is 4.39 Å². The van der Waals surface area contributed by atoms with Gasteiger partial charge in [-0.25, -0.2) is 4.39 Å². The number of aromatic nitrogens is 1. The van der Waals surface area contributed by atoms with E-state index in [1.165, 1.54) is 6.07 Å². The van der Waals surface area contributed by atoms with Crippen LogP contribution in [0.4, 0.5) is 4.39 Å². The lowest BCUT2D eigenvalue weighted by molar-refractivity contribution is 0.624. The molecule has 2 rings (SSSR count). The van der Waals surface area contributed by atoms with Crippen LogP contribution in [0.15, 0.2) is 55.3 Å². The van der Waals surface area contributed by atoms with Crippen LogP contribution in [0.2, 0.25) is 0 Å². The third-order valence-electron chi connectivity index (χ3n) is 2.73. The first-order valence-electron chi connectivity index (χ1n) is 5.96. The number of benzene rings is 1. The minimum absolute atomic E-state index is 0.307. The van der Waals surface area contributed by atoms with Crippen LogP contribution < -0.4 is 0 Å². The summed E-state index contributed by atoms with van der Waals surface area (Å²) < 4.78 is 13.5. The van der Waals surface area contributed by atoms with E-state index in [9.17, 15) is 4.39 Å². The van der Waals surface area contributed by atoms with E-state index in [0.29, 0.717) is 5.56 Å². The van der Waals surface area contributed by atoms with Gasteiger partial charge in [-0.05, 0) is 31.2 Å². The van der Waals surface area contributed by atoms with Crippen molar-refractivity contribution in [3.63, 3.8) is 0 Å². The maximum atomic E-state index is 13.5. The first-order chi connectivity index (χ1) is 9.22. The lowest BCUT2D eigenvalue weighted by Gasteiger charge is -1.98. The zero-order chi connectivity index (χ0) is 13.7. The van der Waals surface area contributed by atoms with E-state index in [1.54, 1.807) is 24.3 Å². The Morgan fingerprint density at radius 3 is 2.74 bits per heavy atom. The summed E-state index contributed by atoms with van der Waals surface area (Å²) in [6.07, 6.45) is 5.36. The van der Waals surface area contributed by atoms with Gasteiger partial charge in [-0.1, -0.05) is 36.6 Å². The van der Waals surface area contributed by atoms with E-state index in [-0.39, 0.29) is 5.82 Å². The average molecular weight is 251 g/mol. The third-order valence-corrected chi connectivity index (χ3v) is 2.73. The molecule has 1 aromatic carbocycles. The Morgan fingerprint density at radius 2 is 2.11 bits per heavy atom. The Bertz CT molecular complexity index is 681. The van der Waals surface area contributed by atoms with Gasteiger partial charge < -0.3 is 4.98 Å². The van der Waals surface area contributed by atoms with Crippen molar-refractivity contribution >= 4 is 5.57 Å². The topological polar surface area (TPSA) is 15.8 Å². The van der Waals surface area contributed by atoms with E-state index in [2.05, 4.69) is 23.4 Å². The van der Waals surface area contributed by atoms with E-state index < -0.39 is 0 Å². The summed E-state index contributed by atoms with van der Waals surface area (Å²) in [5, 5.41) is 0. The Kier molecular flexibility index (Phi) is 4.00. The van der Waals surface area contributed by atoms with Crippen LogP contribution in [-0.4, -0.2) is 4.98 Å². The predicted molar refractivity (Wildman–Crippen MR) is 77.0 cm³/mol. The summed E-state index contributed by atoms with van der Waals surface area (Å²) in [4.78, 5) is 3.10. The summed E-state index contributed by atoms with van der Waals surface area (Å²) in [6.45, 7) is 5.65. The van der Waals surface area contributed by atoms with Crippen molar-refractivity contribution in [3.8, 4) is 11.8 Å². The molecule has 0 saturated heterocycles. The number of allylic oxidation sites excluding steroid dienone is 3. The molecule has 0 unspecified atom stereocenters. The molecule has 0 aliphatic carbocycles. The lowest BCUT2D eigenvalue weighted by Crippen LogP contribution is -1.85. The summed E-state index contributed by atoms with van der Waals surface area (Å²) in [7, 11) is 0. The third kappa shape index (κ3) is 3.02. The quantitative estimate of drug-likeness (QED) is 0.611. The number of aryl methyl sites for hydroxylation is 1. The standard InChI is InChI=1S/C17H14FN/c1-3-6-14(16-11-12-19-13(16)2)9-10-15-7-4-5-8-17(15)18/h3-8,11-12,19H,1H2,2H3/b14-6-. The highest BCUT2D eigenvalue weighted by Crippen LogP contribution is 2.17. The molecule has 0 saturated carbocycles. The van der Waals surface area contributed by atoms with Crippen molar-refractivity contribution in [1.82, 2.24) is 4.98 Å². The molecule has 0 radical (unpaired) electrons. The van der Waals surface area contributed by atoms with Crippen LogP contribution in [0.3, 0.4) is 0 Å². The zero-order valence-electron chi connectivity index (χ0n) is 10.7. The molecule has 1 aromatic heterocycles. The second-order valence-electron chi connectivity index (χ2n) is 4.06. The second kappa shape index (κ2) is 5.88. The van der Waals surface area contributed by atoms with Crippen LogP contribution in [0.25, 0.3) is 5.57 Å². The van der Waals surface area contributed by atoms with E-state index in [4.69, 9.17) is 0 Å². The van der Waals surface area contributed by atoms with Crippen molar-refractivity contribution in [2.75, 3.05) is 0 Å². The number of nitrogens with one attached hydrogen (secondary N) is 1. The molecule has 19 heavy (non-hydrogen) atoms. The highest BCUT2D eigenvalue weighted by Gasteiger charge is 2.03. The minimum Gasteiger partial charge on any atom is -0.365 e. The van der Waals surface area contributed by atoms with Crippen molar-refractivity contribution in [2.45, 2.75) is 6.92 Å². The molecule has 0 spiro atoms. The molecule has 1 heterocycles. The summed E-state index contributed by atoms with van der Waals surface area (Å²) in [5.74, 6) is 5.55. The maximum absolute atomic E-state index is 13.5. The van der Waals surface area contributed by atoms with Crippen LogP contribution in [0, 0.1) is 24.6 Å². The first-order valence-corrected chi connectivity index (χ1v) is 5.96. The van der Waals surface area contributed by atoms with Crippen LogP contribution in [-0.2, 0) is 0 Å². The fourth-order valence-corrected chi connectivity index (χ4v) is 1.76. The molecule has 2 heteroatoms. The monoisotopic (exact) mass is 251 g/mol. The zero-order valence-corrected chi connectivity index (χ0v) is 10.7. The summed E-state index contributed by atoms with van der Waals surface area (Å²) in [6, 6.07) is 8.43. The Balaban J connectivity index is 2.40. The van der Waals surface area contributed by atoms with Gasteiger partial charge in [0.15, 0.2) is 0 Å². The van der Waals surface area contributed by atoms with E-state index >= 15 is 0 Å². The molecule has 0 bridgehead atoms. The molecule has 1 N–H and O–H groups in total. The van der Waals surface area contributed by atoms with Gasteiger partial charge in [0.05, 0.1) is 5.56 Å². The summed E-state index contributed by atoms with van der Waals surface area (Å²) >= 11 is 0. The van der Waals surface area contributed by atoms with Gasteiger partial charge >= 0.3 is 0 Å². The molecule has 0 aliphatic heterocycles. The molecule has 0 atom stereocenters. The molecule has 0 fully saturated rings. The SMILES string of the molecule is C=C/C=C(/C#Cc1ccccc1F)c1cc[nH]c1C. The van der Waals surface area contributed by atoms with Gasteiger partial charge in [-0.15, -0.1) is 0 Å². The average Bonchev–Trinajstić information content (AvgIpc) is 2.82. The minimum atomic E-state index is -0.307. The number of H-pyrrole nitrogens is 1. The van der Waals surface area contributed by atoms with Crippen molar-refractivity contribution in [1.29, 1.82) is 0 Å². The van der Waals surface area contributed by atoms with Gasteiger partial charge in [0.1, 0.15) is 5.82 Å². The maximum Gasteiger partial charge on any atom is 0.138 e. The second-order valence-corrected chi connectivity index (χ2v) is 4.06. The van der Waals surface area contributed by atoms with E-state index in [1.807, 2.05) is 25.3 Å². The Hall–Kier alpha value is -2.53. The van der Waals surface area contributed by atoms with Gasteiger partial charge in [0.2, 0.25) is 0 Å². The van der Waals surface area contributed by atoms with Crippen molar-refractivity contribution in [3.05, 3.63) is 77.9 Å². The fourth-order valence-electron chi connectivity index (χ4n) is 1.76. The van der Waals surface area contributed by atoms with Gasteiger partial charge in [-0.3, -0.25) is 0 Å². The van der Waals surface area contributed by atoms with E-state index in [0.717, 1.165) is 16.8 Å². The first kappa shape index (κ1) is 12.9. The van der Waals surface area contributed by atoms with Crippen molar-refractivity contribution in [2.24, 2.45) is 0 Å². The Morgan fingerprint density at radius 1 is 1.32 bits per heavy atom. The predicted octanol–water partition coefficient (Wildman–Crippen LogP) is 4.08. The number of aromatic amines is 1. The molecule has 94 valence electrons. The smallest absolute Gasteiger partial charge is 0.138 e. The fraction of sp³-hybridized carbons (Fsp3) is 0.0588. The number of halogens is 1. The summed E-state index contributed by atoms with van der Waals surface area (Å²) in [5.41, 5.74) is 3.24. The number of hydrogen-bond donors (Lipinski definition) is 1. The molecule has 0 aliphatic rings.